The number of ketones is 1. The summed E-state index contributed by atoms with van der Waals surface area (Å²) in [7, 11) is 1.59. The summed E-state index contributed by atoms with van der Waals surface area (Å²) in [6.45, 7) is 0.709. The first-order chi connectivity index (χ1) is 13.6. The molecule has 1 fully saturated rings. The Morgan fingerprint density at radius 2 is 2.00 bits per heavy atom. The number of benzene rings is 2. The van der Waals surface area contributed by atoms with E-state index < -0.39 is 0 Å². The first kappa shape index (κ1) is 17.8. The number of amides is 1. The molecule has 2 heterocycles. The van der Waals surface area contributed by atoms with Crippen LogP contribution in [0.2, 0.25) is 0 Å². The number of tetrazole rings is 1. The number of hydrogen-bond acceptors (Lipinski definition) is 6. The van der Waals surface area contributed by atoms with Crippen molar-refractivity contribution in [2.75, 3.05) is 18.6 Å². The van der Waals surface area contributed by atoms with E-state index in [0.717, 1.165) is 24.2 Å². The van der Waals surface area contributed by atoms with E-state index in [1.165, 1.54) is 4.80 Å². The van der Waals surface area contributed by atoms with Crippen LogP contribution in [-0.4, -0.2) is 45.6 Å². The third-order valence-corrected chi connectivity index (χ3v) is 4.64. The summed E-state index contributed by atoms with van der Waals surface area (Å²) in [4.78, 5) is 27.4. The van der Waals surface area contributed by atoms with Gasteiger partial charge in [-0.15, -0.1) is 10.2 Å². The highest BCUT2D eigenvalue weighted by Gasteiger charge is 2.21. The number of carbonyl (C=O) groups excluding carboxylic acids is 2. The number of Topliss-reactive ketones (excluding diaryl/α,β-unsaturated/α-hetero) is 1. The minimum absolute atomic E-state index is 0.0149. The molecule has 1 saturated heterocycles. The van der Waals surface area contributed by atoms with E-state index in [1.807, 2.05) is 24.3 Å². The fraction of sp³-hybridized carbons (Fsp3) is 0.250. The van der Waals surface area contributed by atoms with Crippen LogP contribution in [0.15, 0.2) is 48.5 Å². The van der Waals surface area contributed by atoms with Crippen LogP contribution in [0.5, 0.6) is 5.75 Å². The van der Waals surface area contributed by atoms with Crippen LogP contribution in [0, 0.1) is 0 Å². The molecule has 0 saturated carbocycles. The summed E-state index contributed by atoms with van der Waals surface area (Å²) in [5, 5.41) is 12.3. The number of hydrogen-bond donors (Lipinski definition) is 0. The van der Waals surface area contributed by atoms with Gasteiger partial charge in [-0.1, -0.05) is 12.1 Å². The average molecular weight is 377 g/mol. The van der Waals surface area contributed by atoms with Crippen LogP contribution >= 0.6 is 0 Å². The molecule has 1 aliphatic heterocycles. The lowest BCUT2D eigenvalue weighted by molar-refractivity contribution is -0.117. The predicted molar refractivity (Wildman–Crippen MR) is 102 cm³/mol. The summed E-state index contributed by atoms with van der Waals surface area (Å²) < 4.78 is 5.20. The Labute approximate surface area is 161 Å². The van der Waals surface area contributed by atoms with Crippen molar-refractivity contribution in [3.63, 3.8) is 0 Å². The Morgan fingerprint density at radius 3 is 2.71 bits per heavy atom. The SMILES string of the molecule is COc1cccc(-c2nnn(CC(=O)c3ccc(N4CCCC4=O)cc3)n2)c1. The molecule has 4 rings (SSSR count). The standard InChI is InChI=1S/C20H19N5O3/c1-28-17-5-2-4-15(12-17)20-21-23-25(22-20)13-18(26)14-7-9-16(10-8-14)24-11-3-6-19(24)27/h2,4-5,7-10,12H,3,6,11,13H2,1H3. The highest BCUT2D eigenvalue weighted by atomic mass is 16.5. The molecule has 0 atom stereocenters. The number of ether oxygens (including phenoxy) is 1. The lowest BCUT2D eigenvalue weighted by atomic mass is 10.1. The summed E-state index contributed by atoms with van der Waals surface area (Å²) in [5.74, 6) is 1.11. The van der Waals surface area contributed by atoms with Gasteiger partial charge in [0.25, 0.3) is 0 Å². The molecule has 3 aromatic rings. The summed E-state index contributed by atoms with van der Waals surface area (Å²) in [5.41, 5.74) is 2.12. The van der Waals surface area contributed by atoms with Crippen LogP contribution in [-0.2, 0) is 11.3 Å². The van der Waals surface area contributed by atoms with Crippen molar-refractivity contribution < 1.29 is 14.3 Å². The van der Waals surface area contributed by atoms with Gasteiger partial charge in [0.15, 0.2) is 5.78 Å². The van der Waals surface area contributed by atoms with E-state index in [4.69, 9.17) is 4.74 Å². The van der Waals surface area contributed by atoms with Crippen LogP contribution in [0.25, 0.3) is 11.4 Å². The Bertz CT molecular complexity index is 1010. The molecule has 0 N–H and O–H groups in total. The lowest BCUT2D eigenvalue weighted by Gasteiger charge is -2.15. The number of methoxy groups -OCH3 is 1. The number of aromatic nitrogens is 4. The van der Waals surface area contributed by atoms with Crippen LogP contribution in [0.1, 0.15) is 23.2 Å². The van der Waals surface area contributed by atoms with Crippen LogP contribution in [0.4, 0.5) is 5.69 Å². The van der Waals surface area contributed by atoms with Crippen molar-refractivity contribution in [1.82, 2.24) is 20.2 Å². The number of nitrogens with zero attached hydrogens (tertiary/aromatic N) is 5. The van der Waals surface area contributed by atoms with Gasteiger partial charge in [-0.05, 0) is 48.0 Å². The van der Waals surface area contributed by atoms with Crippen LogP contribution < -0.4 is 9.64 Å². The minimum Gasteiger partial charge on any atom is -0.497 e. The second kappa shape index (κ2) is 7.59. The van der Waals surface area contributed by atoms with Crippen molar-refractivity contribution in [1.29, 1.82) is 0 Å². The third-order valence-electron chi connectivity index (χ3n) is 4.64. The fourth-order valence-electron chi connectivity index (χ4n) is 3.16. The van der Waals surface area contributed by atoms with Crippen molar-refractivity contribution in [2.45, 2.75) is 19.4 Å². The smallest absolute Gasteiger partial charge is 0.227 e. The van der Waals surface area contributed by atoms with E-state index in [0.29, 0.717) is 23.6 Å². The Kier molecular flexibility index (Phi) is 4.84. The van der Waals surface area contributed by atoms with E-state index >= 15 is 0 Å². The Balaban J connectivity index is 1.45. The maximum atomic E-state index is 12.5. The zero-order valence-corrected chi connectivity index (χ0v) is 15.4. The first-order valence-corrected chi connectivity index (χ1v) is 9.00. The van der Waals surface area contributed by atoms with Gasteiger partial charge in [0.2, 0.25) is 11.7 Å². The molecular formula is C20H19N5O3. The number of anilines is 1. The lowest BCUT2D eigenvalue weighted by Crippen LogP contribution is -2.23. The van der Waals surface area contributed by atoms with Crippen molar-refractivity contribution in [3.8, 4) is 17.1 Å². The monoisotopic (exact) mass is 377 g/mol. The molecular weight excluding hydrogens is 358 g/mol. The zero-order chi connectivity index (χ0) is 19.5. The fourth-order valence-corrected chi connectivity index (χ4v) is 3.16. The molecule has 0 spiro atoms. The molecule has 0 bridgehead atoms. The molecule has 2 aromatic carbocycles. The van der Waals surface area contributed by atoms with Crippen molar-refractivity contribution in [3.05, 3.63) is 54.1 Å². The van der Waals surface area contributed by atoms with E-state index in [9.17, 15) is 9.59 Å². The maximum Gasteiger partial charge on any atom is 0.227 e. The van der Waals surface area contributed by atoms with Gasteiger partial charge in [0, 0.05) is 29.8 Å². The highest BCUT2D eigenvalue weighted by molar-refractivity contribution is 5.98. The van der Waals surface area contributed by atoms with Gasteiger partial charge in [0.05, 0.1) is 7.11 Å². The maximum absolute atomic E-state index is 12.5. The molecule has 8 nitrogen and oxygen atoms in total. The molecule has 142 valence electrons. The molecule has 1 aromatic heterocycles. The number of rotatable bonds is 6. The van der Waals surface area contributed by atoms with E-state index in [1.54, 1.807) is 36.3 Å². The molecule has 8 heteroatoms. The van der Waals surface area contributed by atoms with Crippen LogP contribution in [0.3, 0.4) is 0 Å². The normalized spacial score (nSPS) is 13.8. The molecule has 0 unspecified atom stereocenters. The summed E-state index contributed by atoms with van der Waals surface area (Å²) in [6, 6.07) is 14.4. The Morgan fingerprint density at radius 1 is 1.18 bits per heavy atom. The molecule has 1 aliphatic rings. The molecule has 1 amide bonds. The molecule has 0 aliphatic carbocycles. The van der Waals surface area contributed by atoms with Gasteiger partial charge < -0.3 is 9.64 Å². The summed E-state index contributed by atoms with van der Waals surface area (Å²) >= 11 is 0. The average Bonchev–Trinajstić information content (AvgIpc) is 3.37. The van der Waals surface area contributed by atoms with Gasteiger partial charge in [0.1, 0.15) is 12.3 Å². The van der Waals surface area contributed by atoms with Gasteiger partial charge in [-0.25, -0.2) is 0 Å². The largest absolute Gasteiger partial charge is 0.497 e. The topological polar surface area (TPSA) is 90.2 Å². The van der Waals surface area contributed by atoms with Gasteiger partial charge in [-0.3, -0.25) is 9.59 Å². The third kappa shape index (κ3) is 3.62. The predicted octanol–water partition coefficient (Wildman–Crippen LogP) is 2.36. The highest BCUT2D eigenvalue weighted by Crippen LogP contribution is 2.22. The molecule has 0 radical (unpaired) electrons. The zero-order valence-electron chi connectivity index (χ0n) is 15.4. The van der Waals surface area contributed by atoms with Crippen molar-refractivity contribution >= 4 is 17.4 Å². The molecule has 28 heavy (non-hydrogen) atoms. The summed E-state index contributed by atoms with van der Waals surface area (Å²) in [6.07, 6.45) is 1.45. The minimum atomic E-state index is -0.131. The quantitative estimate of drug-likeness (QED) is 0.613. The van der Waals surface area contributed by atoms with Gasteiger partial charge in [-0.2, -0.15) is 4.80 Å². The second-order valence-corrected chi connectivity index (χ2v) is 6.49. The van der Waals surface area contributed by atoms with E-state index in [2.05, 4.69) is 15.4 Å². The number of carbonyl (C=O) groups is 2. The second-order valence-electron chi connectivity index (χ2n) is 6.49. The Hall–Kier alpha value is -3.55. The van der Waals surface area contributed by atoms with Gasteiger partial charge >= 0.3 is 0 Å². The van der Waals surface area contributed by atoms with Crippen molar-refractivity contribution in [2.24, 2.45) is 0 Å². The van der Waals surface area contributed by atoms with E-state index in [-0.39, 0.29) is 18.2 Å². The first-order valence-electron chi connectivity index (χ1n) is 9.00.